The maximum Gasteiger partial charge on any atom is 0.349 e. The second kappa shape index (κ2) is 9.15. The summed E-state index contributed by atoms with van der Waals surface area (Å²) in [6.45, 7) is 3.39. The summed E-state index contributed by atoms with van der Waals surface area (Å²) in [5, 5.41) is 9.17. The van der Waals surface area contributed by atoms with Gasteiger partial charge >= 0.3 is 11.9 Å². The normalized spacial score (nSPS) is 10.9. The van der Waals surface area contributed by atoms with Crippen LogP contribution < -0.4 is 9.47 Å². The molecule has 0 saturated carbocycles. The Balaban J connectivity index is 2.25. The Kier molecular flexibility index (Phi) is 6.67. The highest BCUT2D eigenvalue weighted by atomic mass is 16.6. The van der Waals surface area contributed by atoms with Gasteiger partial charge in [0, 0.05) is 12.4 Å². The van der Waals surface area contributed by atoms with Gasteiger partial charge in [0.05, 0.1) is 18.8 Å². The second-order valence-electron chi connectivity index (χ2n) is 5.66. The van der Waals surface area contributed by atoms with Gasteiger partial charge < -0.3 is 14.2 Å². The SMILES string of the molecule is COc1cc(/C=C(\C#N)C(=O)OC(C)C)ccc1OC(=O)c1ccncc1. The van der Waals surface area contributed by atoms with E-state index >= 15 is 0 Å². The molecule has 0 bridgehead atoms. The maximum atomic E-state index is 12.2. The molecule has 7 nitrogen and oxygen atoms in total. The highest BCUT2D eigenvalue weighted by Gasteiger charge is 2.15. The van der Waals surface area contributed by atoms with E-state index < -0.39 is 11.9 Å². The predicted octanol–water partition coefficient (Wildman–Crippen LogP) is 3.17. The van der Waals surface area contributed by atoms with Crippen LogP contribution >= 0.6 is 0 Å². The van der Waals surface area contributed by atoms with Crippen LogP contribution in [-0.4, -0.2) is 30.1 Å². The van der Waals surface area contributed by atoms with Gasteiger partial charge in [-0.3, -0.25) is 4.98 Å². The number of benzene rings is 1. The van der Waals surface area contributed by atoms with E-state index in [1.807, 2.05) is 6.07 Å². The molecule has 0 radical (unpaired) electrons. The van der Waals surface area contributed by atoms with Gasteiger partial charge in [0.2, 0.25) is 0 Å². The van der Waals surface area contributed by atoms with E-state index in [-0.39, 0.29) is 23.2 Å². The lowest BCUT2D eigenvalue weighted by atomic mass is 10.1. The summed E-state index contributed by atoms with van der Waals surface area (Å²) in [5.74, 6) is -0.780. The Morgan fingerprint density at radius 3 is 2.44 bits per heavy atom. The van der Waals surface area contributed by atoms with E-state index in [9.17, 15) is 14.9 Å². The molecule has 2 aromatic rings. The van der Waals surface area contributed by atoms with E-state index in [0.717, 1.165) is 0 Å². The monoisotopic (exact) mass is 366 g/mol. The van der Waals surface area contributed by atoms with Crippen LogP contribution in [0.1, 0.15) is 29.8 Å². The van der Waals surface area contributed by atoms with Gasteiger partial charge in [0.25, 0.3) is 0 Å². The number of aromatic nitrogens is 1. The van der Waals surface area contributed by atoms with Gasteiger partial charge in [-0.25, -0.2) is 9.59 Å². The molecular formula is C20H18N2O5. The molecule has 0 aliphatic rings. The minimum Gasteiger partial charge on any atom is -0.493 e. The van der Waals surface area contributed by atoms with Gasteiger partial charge in [-0.05, 0) is 49.8 Å². The Bertz CT molecular complexity index is 898. The fourth-order valence-electron chi connectivity index (χ4n) is 2.09. The number of nitriles is 1. The molecule has 0 amide bonds. The van der Waals surface area contributed by atoms with E-state index in [1.165, 1.54) is 43.8 Å². The number of rotatable bonds is 6. The minimum atomic E-state index is -0.709. The van der Waals surface area contributed by atoms with Crippen molar-refractivity contribution >= 4 is 18.0 Å². The number of carbonyl (C=O) groups is 2. The number of ether oxygens (including phenoxy) is 3. The minimum absolute atomic E-state index is 0.146. The van der Waals surface area contributed by atoms with Crippen LogP contribution in [0.25, 0.3) is 6.08 Å². The zero-order valence-electron chi connectivity index (χ0n) is 15.1. The van der Waals surface area contributed by atoms with Crippen molar-refractivity contribution < 1.29 is 23.8 Å². The lowest BCUT2D eigenvalue weighted by Crippen LogP contribution is -2.12. The number of carbonyl (C=O) groups excluding carboxylic acids is 2. The molecule has 1 aromatic heterocycles. The van der Waals surface area contributed by atoms with Gasteiger partial charge in [0.1, 0.15) is 11.6 Å². The molecule has 0 aliphatic heterocycles. The molecule has 7 heteroatoms. The summed E-state index contributed by atoms with van der Waals surface area (Å²) in [5.41, 5.74) is 0.722. The highest BCUT2D eigenvalue weighted by Crippen LogP contribution is 2.29. The fraction of sp³-hybridized carbons (Fsp3) is 0.200. The molecule has 2 rings (SSSR count). The third-order valence-electron chi connectivity index (χ3n) is 3.30. The first kappa shape index (κ1) is 19.7. The zero-order valence-corrected chi connectivity index (χ0v) is 15.1. The molecule has 0 spiro atoms. The summed E-state index contributed by atoms with van der Waals surface area (Å²) in [6, 6.07) is 9.55. The molecule has 0 unspecified atom stereocenters. The second-order valence-corrected chi connectivity index (χ2v) is 5.66. The molecular weight excluding hydrogens is 348 g/mol. The Hall–Kier alpha value is -3.66. The number of hydrogen-bond acceptors (Lipinski definition) is 7. The van der Waals surface area contributed by atoms with E-state index in [4.69, 9.17) is 14.2 Å². The summed E-state index contributed by atoms with van der Waals surface area (Å²) in [4.78, 5) is 27.9. The van der Waals surface area contributed by atoms with Crippen LogP contribution in [0.3, 0.4) is 0 Å². The summed E-state index contributed by atoms with van der Waals surface area (Å²) in [6.07, 6.45) is 4.02. The quantitative estimate of drug-likeness (QED) is 0.335. The third kappa shape index (κ3) is 5.41. The number of nitrogens with zero attached hydrogens (tertiary/aromatic N) is 2. The molecule has 0 aliphatic carbocycles. The third-order valence-corrected chi connectivity index (χ3v) is 3.30. The highest BCUT2D eigenvalue weighted by molar-refractivity contribution is 5.98. The van der Waals surface area contributed by atoms with Gasteiger partial charge in [-0.2, -0.15) is 5.26 Å². The number of methoxy groups -OCH3 is 1. The van der Waals surface area contributed by atoms with Crippen LogP contribution in [0.15, 0.2) is 48.3 Å². The first-order valence-corrected chi connectivity index (χ1v) is 8.07. The lowest BCUT2D eigenvalue weighted by Gasteiger charge is -2.10. The summed E-state index contributed by atoms with van der Waals surface area (Å²) < 4.78 is 15.6. The van der Waals surface area contributed by atoms with Crippen molar-refractivity contribution in [3.63, 3.8) is 0 Å². The van der Waals surface area contributed by atoms with Crippen molar-refractivity contribution in [1.82, 2.24) is 4.98 Å². The van der Waals surface area contributed by atoms with Crippen LogP contribution in [0.5, 0.6) is 11.5 Å². The topological polar surface area (TPSA) is 98.5 Å². The van der Waals surface area contributed by atoms with E-state index in [0.29, 0.717) is 11.1 Å². The molecule has 0 saturated heterocycles. The fourth-order valence-corrected chi connectivity index (χ4v) is 2.09. The van der Waals surface area contributed by atoms with Crippen molar-refractivity contribution in [2.24, 2.45) is 0 Å². The Labute approximate surface area is 156 Å². The van der Waals surface area contributed by atoms with Crippen molar-refractivity contribution in [3.8, 4) is 17.6 Å². The predicted molar refractivity (Wildman–Crippen MR) is 97.0 cm³/mol. The molecule has 0 N–H and O–H groups in total. The van der Waals surface area contributed by atoms with Crippen LogP contribution in [-0.2, 0) is 9.53 Å². The lowest BCUT2D eigenvalue weighted by molar-refractivity contribution is -0.142. The van der Waals surface area contributed by atoms with E-state index in [2.05, 4.69) is 4.98 Å². The van der Waals surface area contributed by atoms with Crippen LogP contribution in [0.2, 0.25) is 0 Å². The standard InChI is InChI=1S/C20H18N2O5/c1-13(2)26-20(24)16(12-21)10-14-4-5-17(18(11-14)25-3)27-19(23)15-6-8-22-9-7-15/h4-11,13H,1-3H3/b16-10+. The first-order valence-electron chi connectivity index (χ1n) is 8.07. The number of hydrogen-bond donors (Lipinski definition) is 0. The first-order chi connectivity index (χ1) is 12.9. The Morgan fingerprint density at radius 2 is 1.85 bits per heavy atom. The number of pyridine rings is 1. The summed E-state index contributed by atoms with van der Waals surface area (Å²) in [7, 11) is 1.42. The Morgan fingerprint density at radius 1 is 1.15 bits per heavy atom. The number of esters is 2. The van der Waals surface area contributed by atoms with Crippen molar-refractivity contribution in [1.29, 1.82) is 5.26 Å². The van der Waals surface area contributed by atoms with Gasteiger partial charge in [-0.15, -0.1) is 0 Å². The maximum absolute atomic E-state index is 12.2. The van der Waals surface area contributed by atoms with Gasteiger partial charge in [0.15, 0.2) is 11.5 Å². The largest absolute Gasteiger partial charge is 0.493 e. The molecule has 1 aromatic carbocycles. The van der Waals surface area contributed by atoms with Crippen molar-refractivity contribution in [2.75, 3.05) is 7.11 Å². The van der Waals surface area contributed by atoms with Crippen LogP contribution in [0.4, 0.5) is 0 Å². The molecule has 0 atom stereocenters. The van der Waals surface area contributed by atoms with Crippen molar-refractivity contribution in [2.45, 2.75) is 20.0 Å². The molecule has 27 heavy (non-hydrogen) atoms. The van der Waals surface area contributed by atoms with Crippen molar-refractivity contribution in [3.05, 3.63) is 59.4 Å². The summed E-state index contributed by atoms with van der Waals surface area (Å²) >= 11 is 0. The van der Waals surface area contributed by atoms with E-state index in [1.54, 1.807) is 26.0 Å². The average Bonchev–Trinajstić information content (AvgIpc) is 2.67. The van der Waals surface area contributed by atoms with Gasteiger partial charge in [-0.1, -0.05) is 6.07 Å². The molecule has 138 valence electrons. The van der Waals surface area contributed by atoms with Crippen LogP contribution in [0, 0.1) is 11.3 Å². The average molecular weight is 366 g/mol. The zero-order chi connectivity index (χ0) is 19.8. The smallest absolute Gasteiger partial charge is 0.349 e. The molecule has 1 heterocycles. The molecule has 0 fully saturated rings.